The molecule has 2 fully saturated rings. The summed E-state index contributed by atoms with van der Waals surface area (Å²) in [4.78, 5) is 24.5. The van der Waals surface area contributed by atoms with Gasteiger partial charge >= 0.3 is 11.9 Å². The van der Waals surface area contributed by atoms with Crippen molar-refractivity contribution < 1.29 is 28.5 Å². The number of benzene rings is 1. The highest BCUT2D eigenvalue weighted by atomic mass is 16.6. The van der Waals surface area contributed by atoms with E-state index in [0.717, 1.165) is 31.4 Å². The molecule has 1 aromatic rings. The van der Waals surface area contributed by atoms with E-state index in [2.05, 4.69) is 26.8 Å². The van der Waals surface area contributed by atoms with Crippen LogP contribution in [0.3, 0.4) is 0 Å². The summed E-state index contributed by atoms with van der Waals surface area (Å²) < 4.78 is 24.9. The minimum absolute atomic E-state index is 0.146. The van der Waals surface area contributed by atoms with Crippen molar-refractivity contribution in [1.29, 1.82) is 0 Å². The molecule has 6 aliphatic rings. The molecule has 180 valence electrons. The van der Waals surface area contributed by atoms with E-state index in [0.29, 0.717) is 24.3 Å². The SMILES string of the molecule is CC1=CC(C2Oc3cc4c(c5c3C(CC5)C2C)CCC2C(C)(C)OC3CC(=O)OC32C4)OC1=O. The lowest BCUT2D eigenvalue weighted by molar-refractivity contribution is -0.153. The highest BCUT2D eigenvalue weighted by molar-refractivity contribution is 5.90. The summed E-state index contributed by atoms with van der Waals surface area (Å²) in [6.45, 7) is 8.34. The Hall–Kier alpha value is -2.34. The fourth-order valence-electron chi connectivity index (χ4n) is 8.20. The summed E-state index contributed by atoms with van der Waals surface area (Å²) in [7, 11) is 0. The van der Waals surface area contributed by atoms with Crippen molar-refractivity contribution in [3.63, 3.8) is 0 Å². The molecule has 2 aliphatic carbocycles. The molecule has 0 aromatic heterocycles. The second-order valence-electron chi connectivity index (χ2n) is 11.8. The number of ether oxygens (including phenoxy) is 4. The highest BCUT2D eigenvalue weighted by Crippen LogP contribution is 2.58. The first-order chi connectivity index (χ1) is 16.2. The maximum Gasteiger partial charge on any atom is 0.334 e. The van der Waals surface area contributed by atoms with Crippen molar-refractivity contribution in [3.05, 3.63) is 40.0 Å². The van der Waals surface area contributed by atoms with Gasteiger partial charge in [-0.3, -0.25) is 4.79 Å². The van der Waals surface area contributed by atoms with Crippen LogP contribution in [0.5, 0.6) is 5.75 Å². The van der Waals surface area contributed by atoms with Crippen molar-refractivity contribution in [2.75, 3.05) is 0 Å². The van der Waals surface area contributed by atoms with Crippen LogP contribution in [0.1, 0.15) is 75.1 Å². The Kier molecular flexibility index (Phi) is 4.11. The number of rotatable bonds is 1. The summed E-state index contributed by atoms with van der Waals surface area (Å²) >= 11 is 0. The number of hydrogen-bond donors (Lipinski definition) is 0. The van der Waals surface area contributed by atoms with Gasteiger partial charge in [-0.05, 0) is 81.2 Å². The van der Waals surface area contributed by atoms with Crippen LogP contribution in [-0.2, 0) is 43.1 Å². The minimum Gasteiger partial charge on any atom is -0.486 e. The van der Waals surface area contributed by atoms with E-state index < -0.39 is 5.60 Å². The van der Waals surface area contributed by atoms with Gasteiger partial charge in [-0.1, -0.05) is 6.92 Å². The van der Waals surface area contributed by atoms with Gasteiger partial charge in [0, 0.05) is 29.4 Å². The largest absolute Gasteiger partial charge is 0.486 e. The van der Waals surface area contributed by atoms with E-state index in [1.165, 1.54) is 22.3 Å². The molecule has 0 amide bonds. The molecule has 34 heavy (non-hydrogen) atoms. The molecule has 6 heteroatoms. The van der Waals surface area contributed by atoms with Crippen LogP contribution in [0, 0.1) is 11.8 Å². The molecule has 6 nitrogen and oxygen atoms in total. The van der Waals surface area contributed by atoms with E-state index in [4.69, 9.17) is 18.9 Å². The van der Waals surface area contributed by atoms with Gasteiger partial charge in [0.25, 0.3) is 0 Å². The van der Waals surface area contributed by atoms with Crippen molar-refractivity contribution in [1.82, 2.24) is 0 Å². The summed E-state index contributed by atoms with van der Waals surface area (Å²) in [5.41, 5.74) is 5.25. The third-order valence-corrected chi connectivity index (χ3v) is 9.67. The first kappa shape index (κ1) is 21.0. The van der Waals surface area contributed by atoms with Crippen LogP contribution in [0.25, 0.3) is 0 Å². The summed E-state index contributed by atoms with van der Waals surface area (Å²) in [5, 5.41) is 0. The molecule has 0 radical (unpaired) electrons. The Labute approximate surface area is 200 Å². The number of fused-ring (bicyclic) bond motifs is 2. The Morgan fingerprint density at radius 1 is 1.06 bits per heavy atom. The molecule has 1 spiro atoms. The zero-order valence-corrected chi connectivity index (χ0v) is 20.3. The van der Waals surface area contributed by atoms with Crippen molar-refractivity contribution >= 4 is 11.9 Å². The third-order valence-electron chi connectivity index (χ3n) is 9.67. The summed E-state index contributed by atoms with van der Waals surface area (Å²) in [6.07, 6.45) is 6.30. The topological polar surface area (TPSA) is 71.1 Å². The Bertz CT molecular complexity index is 1160. The first-order valence-corrected chi connectivity index (χ1v) is 12.8. The van der Waals surface area contributed by atoms with Gasteiger partial charge in [0.1, 0.15) is 23.6 Å². The molecule has 0 N–H and O–H groups in total. The van der Waals surface area contributed by atoms with Crippen molar-refractivity contribution in [2.45, 2.75) is 102 Å². The lowest BCUT2D eigenvalue weighted by Crippen LogP contribution is -2.46. The van der Waals surface area contributed by atoms with Crippen molar-refractivity contribution in [3.8, 4) is 5.75 Å². The van der Waals surface area contributed by atoms with Gasteiger partial charge in [-0.2, -0.15) is 0 Å². The molecular weight excluding hydrogens is 432 g/mol. The molecule has 7 atom stereocenters. The molecule has 0 bridgehead atoms. The number of esters is 2. The van der Waals surface area contributed by atoms with Crippen LogP contribution in [0.15, 0.2) is 17.7 Å². The lowest BCUT2D eigenvalue weighted by Gasteiger charge is -2.38. The van der Waals surface area contributed by atoms with E-state index >= 15 is 0 Å². The molecule has 2 saturated heterocycles. The quantitative estimate of drug-likeness (QED) is 0.586. The average molecular weight is 465 g/mol. The van der Waals surface area contributed by atoms with Gasteiger partial charge in [-0.15, -0.1) is 0 Å². The first-order valence-electron chi connectivity index (χ1n) is 12.8. The molecule has 7 unspecified atom stereocenters. The Balaban J connectivity index is 1.31. The van der Waals surface area contributed by atoms with Gasteiger partial charge in [0.05, 0.1) is 12.0 Å². The minimum atomic E-state index is -0.590. The number of carbonyl (C=O) groups excluding carboxylic acids is 2. The van der Waals surface area contributed by atoms with Gasteiger partial charge < -0.3 is 18.9 Å². The molecule has 1 aromatic carbocycles. The van der Waals surface area contributed by atoms with E-state index in [1.54, 1.807) is 6.92 Å². The summed E-state index contributed by atoms with van der Waals surface area (Å²) in [5.74, 6) is 1.39. The Morgan fingerprint density at radius 3 is 2.62 bits per heavy atom. The van der Waals surface area contributed by atoms with E-state index in [9.17, 15) is 9.59 Å². The van der Waals surface area contributed by atoms with Gasteiger partial charge in [0.15, 0.2) is 6.10 Å². The smallest absolute Gasteiger partial charge is 0.334 e. The van der Waals surface area contributed by atoms with Crippen LogP contribution >= 0.6 is 0 Å². The molecule has 0 saturated carbocycles. The van der Waals surface area contributed by atoms with Crippen molar-refractivity contribution in [2.24, 2.45) is 11.8 Å². The fourth-order valence-corrected chi connectivity index (χ4v) is 8.20. The Morgan fingerprint density at radius 2 is 1.85 bits per heavy atom. The van der Waals surface area contributed by atoms with Crippen LogP contribution < -0.4 is 4.74 Å². The van der Waals surface area contributed by atoms with Crippen LogP contribution in [0.2, 0.25) is 0 Å². The lowest BCUT2D eigenvalue weighted by atomic mass is 9.74. The van der Waals surface area contributed by atoms with Crippen LogP contribution in [0.4, 0.5) is 0 Å². The normalized spacial score (nSPS) is 40.9. The van der Waals surface area contributed by atoms with Gasteiger partial charge in [0.2, 0.25) is 0 Å². The number of hydrogen-bond acceptors (Lipinski definition) is 6. The second kappa shape index (κ2) is 6.66. The average Bonchev–Trinajstić information content (AvgIpc) is 3.43. The standard InChI is InChI=1S/C28H32O6/c1-13-9-20(32-26(13)30)25-14(2)16-5-6-18-17-7-8-21-27(3,4)33-22-11-23(29)34-28(21,22)12-15(17)10-19(31-25)24(16)18/h9-10,14,16,20-22,25H,5-8,11-12H2,1-4H3. The fraction of sp³-hybridized carbons (Fsp3) is 0.643. The third kappa shape index (κ3) is 2.61. The number of carbonyl (C=O) groups is 2. The predicted octanol–water partition coefficient (Wildman–Crippen LogP) is 3.95. The highest BCUT2D eigenvalue weighted by Gasteiger charge is 2.66. The van der Waals surface area contributed by atoms with Gasteiger partial charge in [-0.25, -0.2) is 4.79 Å². The zero-order valence-electron chi connectivity index (χ0n) is 20.3. The van der Waals surface area contributed by atoms with Crippen LogP contribution in [-0.4, -0.2) is 41.5 Å². The maximum atomic E-state index is 12.4. The van der Waals surface area contributed by atoms with E-state index in [1.807, 2.05) is 6.08 Å². The predicted molar refractivity (Wildman–Crippen MR) is 123 cm³/mol. The zero-order chi connectivity index (χ0) is 23.6. The summed E-state index contributed by atoms with van der Waals surface area (Å²) in [6, 6.07) is 2.21. The monoisotopic (exact) mass is 464 g/mol. The molecule has 7 rings (SSSR count). The maximum absolute atomic E-state index is 12.4. The molecule has 4 aliphatic heterocycles. The number of cyclic esters (lactones) is 1. The molecule has 4 heterocycles. The van der Waals surface area contributed by atoms with E-state index in [-0.39, 0.29) is 47.7 Å². The molecular formula is C28H32O6. The second-order valence-corrected chi connectivity index (χ2v) is 11.8.